The van der Waals surface area contributed by atoms with Crippen molar-refractivity contribution in [1.82, 2.24) is 0 Å². The fourth-order valence-electron chi connectivity index (χ4n) is 1.37. The van der Waals surface area contributed by atoms with Gasteiger partial charge in [-0.25, -0.2) is 4.39 Å². The lowest BCUT2D eigenvalue weighted by Crippen LogP contribution is -1.99. The summed E-state index contributed by atoms with van der Waals surface area (Å²) in [6.45, 7) is 0.946. The van der Waals surface area contributed by atoms with Crippen LogP contribution in [-0.2, 0) is 0 Å². The Morgan fingerprint density at radius 3 is 2.88 bits per heavy atom. The summed E-state index contributed by atoms with van der Waals surface area (Å²) in [6.07, 6.45) is 2.43. The molecule has 1 aromatic carbocycles. The van der Waals surface area contributed by atoms with E-state index in [9.17, 15) is 4.39 Å². The van der Waals surface area contributed by atoms with E-state index in [1.807, 2.05) is 0 Å². The highest BCUT2D eigenvalue weighted by Crippen LogP contribution is 2.29. The Morgan fingerprint density at radius 1 is 1.38 bits per heavy atom. The van der Waals surface area contributed by atoms with Crippen LogP contribution in [0.15, 0.2) is 18.2 Å². The van der Waals surface area contributed by atoms with Gasteiger partial charge in [-0.05, 0) is 30.9 Å². The van der Waals surface area contributed by atoms with E-state index in [1.54, 1.807) is 6.07 Å². The van der Waals surface area contributed by atoms with Gasteiger partial charge in [0.2, 0.25) is 0 Å². The first-order valence-electron chi connectivity index (χ1n) is 5.40. The zero-order valence-corrected chi connectivity index (χ0v) is 9.00. The van der Waals surface area contributed by atoms with E-state index in [4.69, 9.17) is 10.5 Å². The minimum absolute atomic E-state index is 0.273. The van der Waals surface area contributed by atoms with Crippen molar-refractivity contribution >= 4 is 0 Å². The van der Waals surface area contributed by atoms with Crippen LogP contribution in [-0.4, -0.2) is 13.2 Å². The predicted octanol–water partition coefficient (Wildman–Crippen LogP) is 1.92. The van der Waals surface area contributed by atoms with E-state index >= 15 is 0 Å². The summed E-state index contributed by atoms with van der Waals surface area (Å²) in [5.41, 5.74) is 5.87. The second-order valence-electron chi connectivity index (χ2n) is 3.94. The van der Waals surface area contributed by atoms with Crippen molar-refractivity contribution in [3.05, 3.63) is 29.6 Å². The van der Waals surface area contributed by atoms with Crippen LogP contribution in [0.25, 0.3) is 0 Å². The number of ether oxygens (including phenoxy) is 1. The van der Waals surface area contributed by atoms with E-state index < -0.39 is 0 Å². The number of benzene rings is 1. The maximum absolute atomic E-state index is 13.2. The van der Waals surface area contributed by atoms with E-state index in [0.717, 1.165) is 0 Å². The smallest absolute Gasteiger partial charge is 0.128 e. The summed E-state index contributed by atoms with van der Waals surface area (Å²) >= 11 is 0. The van der Waals surface area contributed by atoms with Crippen molar-refractivity contribution < 1.29 is 9.13 Å². The van der Waals surface area contributed by atoms with Gasteiger partial charge in [-0.2, -0.15) is 0 Å². The van der Waals surface area contributed by atoms with Crippen molar-refractivity contribution in [2.45, 2.75) is 12.8 Å². The Morgan fingerprint density at radius 2 is 2.19 bits per heavy atom. The lowest BCUT2D eigenvalue weighted by Gasteiger charge is -2.05. The third-order valence-electron chi connectivity index (χ3n) is 2.39. The zero-order valence-electron chi connectivity index (χ0n) is 9.00. The molecule has 2 N–H and O–H groups in total. The van der Waals surface area contributed by atoms with Gasteiger partial charge in [-0.1, -0.05) is 11.8 Å². The van der Waals surface area contributed by atoms with Gasteiger partial charge in [0, 0.05) is 11.6 Å². The van der Waals surface area contributed by atoms with Crippen LogP contribution in [0.2, 0.25) is 0 Å². The number of nitrogens with two attached hydrogens (primary N) is 1. The van der Waals surface area contributed by atoms with Crippen LogP contribution in [0.5, 0.6) is 5.75 Å². The molecular formula is C13H14FNO. The molecule has 0 radical (unpaired) electrons. The lowest BCUT2D eigenvalue weighted by molar-refractivity contribution is 0.298. The zero-order chi connectivity index (χ0) is 11.4. The van der Waals surface area contributed by atoms with Crippen molar-refractivity contribution in [2.24, 2.45) is 11.7 Å². The molecule has 0 aliphatic heterocycles. The second-order valence-corrected chi connectivity index (χ2v) is 3.94. The van der Waals surface area contributed by atoms with Crippen LogP contribution >= 0.6 is 0 Å². The van der Waals surface area contributed by atoms with Crippen LogP contribution in [0.3, 0.4) is 0 Å². The van der Waals surface area contributed by atoms with Gasteiger partial charge in [-0.3, -0.25) is 0 Å². The molecule has 0 atom stereocenters. The molecule has 0 heterocycles. The molecule has 1 aliphatic carbocycles. The normalized spacial score (nSPS) is 14.1. The van der Waals surface area contributed by atoms with Crippen molar-refractivity contribution in [2.75, 3.05) is 13.2 Å². The fraction of sp³-hybridized carbons (Fsp3) is 0.385. The highest BCUT2D eigenvalue weighted by atomic mass is 19.1. The first-order chi connectivity index (χ1) is 7.78. The number of hydrogen-bond donors (Lipinski definition) is 1. The predicted molar refractivity (Wildman–Crippen MR) is 60.6 cm³/mol. The summed E-state index contributed by atoms with van der Waals surface area (Å²) in [5, 5.41) is 0. The molecule has 0 spiro atoms. The highest BCUT2D eigenvalue weighted by molar-refractivity contribution is 5.40. The third kappa shape index (κ3) is 3.25. The van der Waals surface area contributed by atoms with Gasteiger partial charge in [0.15, 0.2) is 0 Å². The van der Waals surface area contributed by atoms with Gasteiger partial charge in [0.05, 0.1) is 13.2 Å². The molecule has 2 rings (SSSR count). The molecule has 0 amide bonds. The fourth-order valence-corrected chi connectivity index (χ4v) is 1.37. The van der Waals surface area contributed by atoms with Gasteiger partial charge < -0.3 is 10.5 Å². The average molecular weight is 219 g/mol. The molecule has 1 saturated carbocycles. The second kappa shape index (κ2) is 5.00. The summed E-state index contributed by atoms with van der Waals surface area (Å²) < 4.78 is 18.7. The van der Waals surface area contributed by atoms with Crippen molar-refractivity contribution in [3.8, 4) is 17.6 Å². The molecular weight excluding hydrogens is 205 g/mol. The first kappa shape index (κ1) is 11.0. The quantitative estimate of drug-likeness (QED) is 0.788. The number of halogens is 1. The van der Waals surface area contributed by atoms with Gasteiger partial charge in [-0.15, -0.1) is 0 Å². The molecule has 1 fully saturated rings. The highest BCUT2D eigenvalue weighted by Gasteiger charge is 2.21. The molecule has 1 aliphatic rings. The Labute approximate surface area is 94.6 Å². The molecule has 16 heavy (non-hydrogen) atoms. The number of hydrogen-bond acceptors (Lipinski definition) is 2. The van der Waals surface area contributed by atoms with E-state index in [1.165, 1.54) is 25.0 Å². The Hall–Kier alpha value is -1.53. The molecule has 2 nitrogen and oxygen atoms in total. The molecule has 1 aromatic rings. The van der Waals surface area contributed by atoms with E-state index in [2.05, 4.69) is 11.8 Å². The SMILES string of the molecule is NCC#Cc1cc(F)cc(OCC2CC2)c1. The Kier molecular flexibility index (Phi) is 3.43. The minimum Gasteiger partial charge on any atom is -0.493 e. The van der Waals surface area contributed by atoms with Crippen LogP contribution in [0.4, 0.5) is 4.39 Å². The monoisotopic (exact) mass is 219 g/mol. The minimum atomic E-state index is -0.324. The van der Waals surface area contributed by atoms with Crippen molar-refractivity contribution in [3.63, 3.8) is 0 Å². The third-order valence-corrected chi connectivity index (χ3v) is 2.39. The largest absolute Gasteiger partial charge is 0.493 e. The van der Waals surface area contributed by atoms with Crippen LogP contribution in [0.1, 0.15) is 18.4 Å². The maximum atomic E-state index is 13.2. The summed E-state index contributed by atoms with van der Waals surface area (Å²) in [4.78, 5) is 0. The van der Waals surface area contributed by atoms with Crippen LogP contribution < -0.4 is 10.5 Å². The van der Waals surface area contributed by atoms with Crippen LogP contribution in [0, 0.1) is 23.6 Å². The molecule has 0 unspecified atom stereocenters. The summed E-state index contributed by atoms with van der Waals surface area (Å²) in [7, 11) is 0. The Bertz CT molecular complexity index is 429. The van der Waals surface area contributed by atoms with Gasteiger partial charge in [0.25, 0.3) is 0 Å². The topological polar surface area (TPSA) is 35.2 Å². The standard InChI is InChI=1S/C13H14FNO/c14-12-6-11(2-1-5-15)7-13(8-12)16-9-10-3-4-10/h6-8,10H,3-5,9,15H2. The van der Waals surface area contributed by atoms with Gasteiger partial charge in [0.1, 0.15) is 11.6 Å². The maximum Gasteiger partial charge on any atom is 0.128 e. The average Bonchev–Trinajstić information content (AvgIpc) is 3.07. The van der Waals surface area contributed by atoms with E-state index in [-0.39, 0.29) is 12.4 Å². The molecule has 3 heteroatoms. The van der Waals surface area contributed by atoms with Gasteiger partial charge >= 0.3 is 0 Å². The lowest BCUT2D eigenvalue weighted by atomic mass is 10.2. The summed E-state index contributed by atoms with van der Waals surface area (Å²) in [5.74, 6) is 6.36. The molecule has 0 bridgehead atoms. The number of rotatable bonds is 3. The molecule has 0 aromatic heterocycles. The first-order valence-corrected chi connectivity index (χ1v) is 5.40. The Balaban J connectivity index is 2.07. The van der Waals surface area contributed by atoms with Crippen molar-refractivity contribution in [1.29, 1.82) is 0 Å². The van der Waals surface area contributed by atoms with E-state index in [0.29, 0.717) is 23.8 Å². The summed E-state index contributed by atoms with van der Waals surface area (Å²) in [6, 6.07) is 4.51. The molecule has 0 saturated heterocycles. The molecule has 84 valence electrons.